The molecule has 0 bridgehead atoms. The summed E-state index contributed by atoms with van der Waals surface area (Å²) in [6.45, 7) is 16.9. The third kappa shape index (κ3) is 5.53. The monoisotopic (exact) mass is 212 g/mol. The standard InChI is InChI=1S/C13H28N2/c1-5-14-9-11-15(12-10-14)8-6-7-13(2,3)4/h5-12H2,1-4H3. The van der Waals surface area contributed by atoms with E-state index in [9.17, 15) is 0 Å². The second-order valence-electron chi connectivity index (χ2n) is 5.94. The number of hydrogen-bond acceptors (Lipinski definition) is 2. The van der Waals surface area contributed by atoms with Crippen molar-refractivity contribution in [1.29, 1.82) is 0 Å². The van der Waals surface area contributed by atoms with E-state index in [4.69, 9.17) is 0 Å². The Kier molecular flexibility index (Phi) is 5.07. The fourth-order valence-electron chi connectivity index (χ4n) is 2.16. The molecule has 0 radical (unpaired) electrons. The molecule has 90 valence electrons. The Balaban J connectivity index is 2.09. The molecule has 0 aromatic carbocycles. The van der Waals surface area contributed by atoms with E-state index < -0.39 is 0 Å². The second kappa shape index (κ2) is 5.86. The van der Waals surface area contributed by atoms with Crippen LogP contribution in [0.5, 0.6) is 0 Å². The fraction of sp³-hybridized carbons (Fsp3) is 1.00. The van der Waals surface area contributed by atoms with Gasteiger partial charge >= 0.3 is 0 Å². The zero-order valence-electron chi connectivity index (χ0n) is 11.1. The van der Waals surface area contributed by atoms with Crippen LogP contribution in [0.15, 0.2) is 0 Å². The van der Waals surface area contributed by atoms with Gasteiger partial charge in [-0.05, 0) is 31.3 Å². The molecule has 0 aromatic heterocycles. The molecule has 1 saturated heterocycles. The molecule has 0 atom stereocenters. The normalized spacial score (nSPS) is 20.8. The van der Waals surface area contributed by atoms with Crippen molar-refractivity contribution < 1.29 is 0 Å². The van der Waals surface area contributed by atoms with Crippen molar-refractivity contribution in [2.75, 3.05) is 39.3 Å². The summed E-state index contributed by atoms with van der Waals surface area (Å²) in [6, 6.07) is 0. The highest BCUT2D eigenvalue weighted by atomic mass is 15.3. The molecule has 1 fully saturated rings. The molecule has 1 aliphatic rings. The molecule has 0 saturated carbocycles. The van der Waals surface area contributed by atoms with Crippen LogP contribution in [0.4, 0.5) is 0 Å². The molecule has 15 heavy (non-hydrogen) atoms. The molecular weight excluding hydrogens is 184 g/mol. The minimum Gasteiger partial charge on any atom is -0.301 e. The zero-order valence-corrected chi connectivity index (χ0v) is 11.1. The predicted molar refractivity (Wildman–Crippen MR) is 67.2 cm³/mol. The van der Waals surface area contributed by atoms with Gasteiger partial charge in [-0.15, -0.1) is 0 Å². The highest BCUT2D eigenvalue weighted by Crippen LogP contribution is 2.20. The van der Waals surface area contributed by atoms with E-state index in [0.29, 0.717) is 5.41 Å². The summed E-state index contributed by atoms with van der Waals surface area (Å²) in [6.07, 6.45) is 2.70. The molecule has 1 heterocycles. The molecule has 0 unspecified atom stereocenters. The van der Waals surface area contributed by atoms with E-state index in [2.05, 4.69) is 37.5 Å². The maximum absolute atomic E-state index is 2.62. The SMILES string of the molecule is CCN1CCN(CCCC(C)(C)C)CC1. The first kappa shape index (κ1) is 13.0. The van der Waals surface area contributed by atoms with Crippen molar-refractivity contribution in [3.63, 3.8) is 0 Å². The quantitative estimate of drug-likeness (QED) is 0.706. The number of hydrogen-bond donors (Lipinski definition) is 0. The van der Waals surface area contributed by atoms with E-state index in [1.807, 2.05) is 0 Å². The fourth-order valence-corrected chi connectivity index (χ4v) is 2.16. The number of rotatable bonds is 4. The maximum Gasteiger partial charge on any atom is 0.0110 e. The van der Waals surface area contributed by atoms with Gasteiger partial charge in [0.05, 0.1) is 0 Å². The third-order valence-corrected chi connectivity index (χ3v) is 3.31. The Morgan fingerprint density at radius 1 is 0.933 bits per heavy atom. The summed E-state index contributed by atoms with van der Waals surface area (Å²) in [5.41, 5.74) is 0.505. The van der Waals surface area contributed by atoms with Crippen LogP contribution in [0.3, 0.4) is 0 Å². The minimum absolute atomic E-state index is 0.505. The molecule has 1 aliphatic heterocycles. The van der Waals surface area contributed by atoms with Gasteiger partial charge in [-0.3, -0.25) is 0 Å². The Morgan fingerprint density at radius 3 is 1.93 bits per heavy atom. The molecule has 0 N–H and O–H groups in total. The number of nitrogens with zero attached hydrogens (tertiary/aromatic N) is 2. The Bertz CT molecular complexity index is 164. The Morgan fingerprint density at radius 2 is 1.47 bits per heavy atom. The van der Waals surface area contributed by atoms with Crippen molar-refractivity contribution in [3.8, 4) is 0 Å². The number of piperazine rings is 1. The lowest BCUT2D eigenvalue weighted by atomic mass is 9.90. The van der Waals surface area contributed by atoms with Crippen LogP contribution in [0, 0.1) is 5.41 Å². The first-order valence-corrected chi connectivity index (χ1v) is 6.46. The van der Waals surface area contributed by atoms with Gasteiger partial charge in [-0.2, -0.15) is 0 Å². The van der Waals surface area contributed by atoms with Crippen LogP contribution in [-0.4, -0.2) is 49.1 Å². The van der Waals surface area contributed by atoms with Gasteiger partial charge in [-0.1, -0.05) is 27.7 Å². The minimum atomic E-state index is 0.505. The van der Waals surface area contributed by atoms with Crippen LogP contribution in [0.2, 0.25) is 0 Å². The average Bonchev–Trinajstić information content (AvgIpc) is 2.17. The van der Waals surface area contributed by atoms with Crippen LogP contribution < -0.4 is 0 Å². The van der Waals surface area contributed by atoms with Crippen molar-refractivity contribution >= 4 is 0 Å². The summed E-state index contributed by atoms with van der Waals surface area (Å²) in [7, 11) is 0. The maximum atomic E-state index is 2.62. The molecule has 2 heteroatoms. The van der Waals surface area contributed by atoms with Crippen molar-refractivity contribution in [2.24, 2.45) is 5.41 Å². The largest absolute Gasteiger partial charge is 0.301 e. The van der Waals surface area contributed by atoms with Crippen molar-refractivity contribution in [2.45, 2.75) is 40.5 Å². The summed E-state index contributed by atoms with van der Waals surface area (Å²) in [5.74, 6) is 0. The lowest BCUT2D eigenvalue weighted by molar-refractivity contribution is 0.132. The van der Waals surface area contributed by atoms with Gasteiger partial charge in [0.15, 0.2) is 0 Å². The summed E-state index contributed by atoms with van der Waals surface area (Å²) in [5, 5.41) is 0. The van der Waals surface area contributed by atoms with Gasteiger partial charge < -0.3 is 9.80 Å². The first-order chi connectivity index (χ1) is 7.01. The van der Waals surface area contributed by atoms with E-state index in [1.54, 1.807) is 0 Å². The summed E-state index contributed by atoms with van der Waals surface area (Å²) < 4.78 is 0. The van der Waals surface area contributed by atoms with Gasteiger partial charge in [0.1, 0.15) is 0 Å². The van der Waals surface area contributed by atoms with Crippen molar-refractivity contribution in [3.05, 3.63) is 0 Å². The Labute approximate surface area is 95.6 Å². The Hall–Kier alpha value is -0.0800. The highest BCUT2D eigenvalue weighted by Gasteiger charge is 2.16. The predicted octanol–water partition coefficient (Wildman–Crippen LogP) is 2.45. The molecule has 0 aromatic rings. The first-order valence-electron chi connectivity index (χ1n) is 6.46. The van der Waals surface area contributed by atoms with E-state index in [-0.39, 0.29) is 0 Å². The molecule has 2 nitrogen and oxygen atoms in total. The van der Waals surface area contributed by atoms with Crippen LogP contribution in [0.1, 0.15) is 40.5 Å². The zero-order chi connectivity index (χ0) is 11.3. The van der Waals surface area contributed by atoms with Crippen molar-refractivity contribution in [1.82, 2.24) is 9.80 Å². The van der Waals surface area contributed by atoms with Gasteiger partial charge in [0.25, 0.3) is 0 Å². The molecule has 0 aliphatic carbocycles. The van der Waals surface area contributed by atoms with E-state index >= 15 is 0 Å². The number of likely N-dealkylation sites (N-methyl/N-ethyl adjacent to an activating group) is 1. The molecule has 1 rings (SSSR count). The van der Waals surface area contributed by atoms with Crippen LogP contribution in [0.25, 0.3) is 0 Å². The second-order valence-corrected chi connectivity index (χ2v) is 5.94. The van der Waals surface area contributed by atoms with Gasteiger partial charge in [0.2, 0.25) is 0 Å². The van der Waals surface area contributed by atoms with E-state index in [1.165, 1.54) is 52.1 Å². The summed E-state index contributed by atoms with van der Waals surface area (Å²) >= 11 is 0. The highest BCUT2D eigenvalue weighted by molar-refractivity contribution is 4.71. The molecular formula is C13H28N2. The molecule has 0 amide bonds. The van der Waals surface area contributed by atoms with Crippen LogP contribution in [-0.2, 0) is 0 Å². The lowest BCUT2D eigenvalue weighted by Gasteiger charge is -2.34. The third-order valence-electron chi connectivity index (χ3n) is 3.31. The average molecular weight is 212 g/mol. The van der Waals surface area contributed by atoms with Crippen LogP contribution >= 0.6 is 0 Å². The smallest absolute Gasteiger partial charge is 0.0110 e. The van der Waals surface area contributed by atoms with Gasteiger partial charge in [0, 0.05) is 26.2 Å². The summed E-state index contributed by atoms with van der Waals surface area (Å²) in [4.78, 5) is 5.16. The topological polar surface area (TPSA) is 6.48 Å². The van der Waals surface area contributed by atoms with Gasteiger partial charge in [-0.25, -0.2) is 0 Å². The van der Waals surface area contributed by atoms with E-state index in [0.717, 1.165) is 0 Å². The molecule has 0 spiro atoms. The lowest BCUT2D eigenvalue weighted by Crippen LogP contribution is -2.46.